The fraction of sp³-hybridized carbons (Fsp3) is 0.692. The van der Waals surface area contributed by atoms with Crippen LogP contribution >= 0.6 is 0 Å². The zero-order valence-corrected chi connectivity index (χ0v) is 11.7. The van der Waals surface area contributed by atoms with Crippen LogP contribution in [0.4, 0.5) is 11.5 Å². The molecular weight excluding hydrogens is 228 g/mol. The summed E-state index contributed by atoms with van der Waals surface area (Å²) >= 11 is 0. The van der Waals surface area contributed by atoms with E-state index in [4.69, 9.17) is 10.5 Å². The molecule has 18 heavy (non-hydrogen) atoms. The average Bonchev–Trinajstić information content (AvgIpc) is 2.66. The molecule has 2 rings (SSSR count). The molecular formula is C13H22N4O. The normalized spacial score (nSPS) is 20.5. The Kier molecular flexibility index (Phi) is 2.87. The summed E-state index contributed by atoms with van der Waals surface area (Å²) in [5.41, 5.74) is 6.96. The highest BCUT2D eigenvalue weighted by atomic mass is 16.5. The van der Waals surface area contributed by atoms with Gasteiger partial charge in [0.2, 0.25) is 5.88 Å². The fourth-order valence-electron chi connectivity index (χ4n) is 2.44. The number of rotatable bonds is 4. The second-order valence-corrected chi connectivity index (χ2v) is 5.89. The minimum atomic E-state index is 0.232. The van der Waals surface area contributed by atoms with Gasteiger partial charge in [-0.1, -0.05) is 27.7 Å². The van der Waals surface area contributed by atoms with Gasteiger partial charge in [-0.2, -0.15) is 4.98 Å². The summed E-state index contributed by atoms with van der Waals surface area (Å²) in [5.74, 6) is 1.11. The fourth-order valence-corrected chi connectivity index (χ4v) is 2.44. The Balaban J connectivity index is 2.19. The average molecular weight is 250 g/mol. The lowest BCUT2D eigenvalue weighted by Crippen LogP contribution is -2.14. The van der Waals surface area contributed by atoms with Gasteiger partial charge in [-0.15, -0.1) is 0 Å². The Bertz CT molecular complexity index is 442. The predicted octanol–water partition coefficient (Wildman–Crippen LogP) is 2.30. The SMILES string of the molecule is CCOc1ncnc(NC2C(C)(C)C2(C)C)c1N. The highest BCUT2D eigenvalue weighted by molar-refractivity contribution is 5.67. The predicted molar refractivity (Wildman–Crippen MR) is 72.6 cm³/mol. The first-order valence-corrected chi connectivity index (χ1v) is 6.32. The number of nitrogens with zero attached hydrogens (tertiary/aromatic N) is 2. The molecule has 1 aromatic rings. The Morgan fingerprint density at radius 2 is 1.89 bits per heavy atom. The molecule has 5 nitrogen and oxygen atoms in total. The zero-order chi connectivity index (χ0) is 13.6. The molecule has 0 atom stereocenters. The molecule has 0 saturated heterocycles. The van der Waals surface area contributed by atoms with Crippen molar-refractivity contribution in [3.05, 3.63) is 6.33 Å². The molecule has 1 aliphatic carbocycles. The first kappa shape index (κ1) is 12.9. The van der Waals surface area contributed by atoms with Gasteiger partial charge in [0.1, 0.15) is 12.0 Å². The van der Waals surface area contributed by atoms with Crippen LogP contribution in [0.5, 0.6) is 5.88 Å². The van der Waals surface area contributed by atoms with Crippen LogP contribution in [0.15, 0.2) is 6.33 Å². The van der Waals surface area contributed by atoms with E-state index in [-0.39, 0.29) is 10.8 Å². The third-order valence-electron chi connectivity index (χ3n) is 4.43. The maximum absolute atomic E-state index is 6.01. The van der Waals surface area contributed by atoms with Crippen LogP contribution in [0.1, 0.15) is 34.6 Å². The van der Waals surface area contributed by atoms with Crippen LogP contribution in [0, 0.1) is 10.8 Å². The van der Waals surface area contributed by atoms with E-state index in [0.717, 1.165) is 0 Å². The summed E-state index contributed by atoms with van der Waals surface area (Å²) in [7, 11) is 0. The molecule has 5 heteroatoms. The van der Waals surface area contributed by atoms with Crippen LogP contribution in [0.25, 0.3) is 0 Å². The molecule has 3 N–H and O–H groups in total. The van der Waals surface area contributed by atoms with Crippen molar-refractivity contribution in [3.8, 4) is 5.88 Å². The van der Waals surface area contributed by atoms with E-state index >= 15 is 0 Å². The second kappa shape index (κ2) is 4.00. The molecule has 0 amide bonds. The molecule has 1 fully saturated rings. The van der Waals surface area contributed by atoms with Gasteiger partial charge in [-0.25, -0.2) is 4.98 Å². The number of anilines is 2. The Morgan fingerprint density at radius 3 is 2.39 bits per heavy atom. The van der Waals surface area contributed by atoms with E-state index in [0.29, 0.717) is 30.0 Å². The van der Waals surface area contributed by atoms with Crippen molar-refractivity contribution in [2.24, 2.45) is 10.8 Å². The second-order valence-electron chi connectivity index (χ2n) is 5.89. The van der Waals surface area contributed by atoms with E-state index < -0.39 is 0 Å². The number of nitrogens with two attached hydrogens (primary N) is 1. The molecule has 100 valence electrons. The third-order valence-corrected chi connectivity index (χ3v) is 4.43. The van der Waals surface area contributed by atoms with E-state index in [1.807, 2.05) is 6.92 Å². The van der Waals surface area contributed by atoms with Gasteiger partial charge in [0.05, 0.1) is 6.61 Å². The number of hydrogen-bond donors (Lipinski definition) is 2. The molecule has 0 unspecified atom stereocenters. The van der Waals surface area contributed by atoms with E-state index in [2.05, 4.69) is 43.0 Å². The molecule has 0 bridgehead atoms. The standard InChI is InChI=1S/C13H22N4O/c1-6-18-10-8(14)9(15-7-16-10)17-11-12(2,3)13(11,4)5/h7,11H,6,14H2,1-5H3,(H,15,16,17). The molecule has 1 aliphatic rings. The number of aromatic nitrogens is 2. The third kappa shape index (κ3) is 1.78. The van der Waals surface area contributed by atoms with Gasteiger partial charge in [0.15, 0.2) is 5.82 Å². The lowest BCUT2D eigenvalue weighted by atomic mass is 10.0. The molecule has 0 aromatic carbocycles. The van der Waals surface area contributed by atoms with Crippen LogP contribution in [-0.2, 0) is 0 Å². The minimum absolute atomic E-state index is 0.232. The lowest BCUT2D eigenvalue weighted by molar-refractivity contribution is 0.328. The van der Waals surface area contributed by atoms with Crippen LogP contribution < -0.4 is 15.8 Å². The molecule has 1 aromatic heterocycles. The summed E-state index contributed by atoms with van der Waals surface area (Å²) in [4.78, 5) is 8.24. The van der Waals surface area contributed by atoms with Crippen molar-refractivity contribution in [2.75, 3.05) is 17.7 Å². The molecule has 0 spiro atoms. The topological polar surface area (TPSA) is 73.1 Å². The van der Waals surface area contributed by atoms with Crippen LogP contribution in [0.3, 0.4) is 0 Å². The highest BCUT2D eigenvalue weighted by Crippen LogP contribution is 2.63. The molecule has 1 saturated carbocycles. The van der Waals surface area contributed by atoms with Crippen molar-refractivity contribution in [2.45, 2.75) is 40.7 Å². The van der Waals surface area contributed by atoms with Gasteiger partial charge < -0.3 is 15.8 Å². The number of nitrogen functional groups attached to an aromatic ring is 1. The van der Waals surface area contributed by atoms with Crippen molar-refractivity contribution in [3.63, 3.8) is 0 Å². The molecule has 0 aliphatic heterocycles. The Hall–Kier alpha value is -1.52. The zero-order valence-electron chi connectivity index (χ0n) is 11.7. The number of hydrogen-bond acceptors (Lipinski definition) is 5. The molecule has 0 radical (unpaired) electrons. The smallest absolute Gasteiger partial charge is 0.242 e. The first-order chi connectivity index (χ1) is 8.32. The van der Waals surface area contributed by atoms with E-state index in [1.165, 1.54) is 6.33 Å². The summed E-state index contributed by atoms with van der Waals surface area (Å²) in [6.07, 6.45) is 1.48. The van der Waals surface area contributed by atoms with Crippen molar-refractivity contribution in [1.82, 2.24) is 9.97 Å². The lowest BCUT2D eigenvalue weighted by Gasteiger charge is -2.12. The maximum atomic E-state index is 6.01. The van der Waals surface area contributed by atoms with Gasteiger partial charge in [-0.05, 0) is 17.8 Å². The number of ether oxygens (including phenoxy) is 1. The van der Waals surface area contributed by atoms with Crippen molar-refractivity contribution in [1.29, 1.82) is 0 Å². The molecule has 1 heterocycles. The van der Waals surface area contributed by atoms with Crippen LogP contribution in [-0.4, -0.2) is 22.6 Å². The quantitative estimate of drug-likeness (QED) is 0.857. The summed E-state index contributed by atoms with van der Waals surface area (Å²) in [6.45, 7) is 11.4. The maximum Gasteiger partial charge on any atom is 0.242 e. The van der Waals surface area contributed by atoms with Crippen molar-refractivity contribution >= 4 is 11.5 Å². The first-order valence-electron chi connectivity index (χ1n) is 6.32. The van der Waals surface area contributed by atoms with E-state index in [9.17, 15) is 0 Å². The van der Waals surface area contributed by atoms with Gasteiger partial charge in [-0.3, -0.25) is 0 Å². The Labute approximate surface area is 108 Å². The monoisotopic (exact) mass is 250 g/mol. The number of nitrogens with one attached hydrogen (secondary N) is 1. The van der Waals surface area contributed by atoms with Gasteiger partial charge in [0.25, 0.3) is 0 Å². The van der Waals surface area contributed by atoms with Crippen LogP contribution in [0.2, 0.25) is 0 Å². The summed E-state index contributed by atoms with van der Waals surface area (Å²) in [6, 6.07) is 0.358. The van der Waals surface area contributed by atoms with Gasteiger partial charge in [0, 0.05) is 6.04 Å². The van der Waals surface area contributed by atoms with E-state index in [1.54, 1.807) is 0 Å². The van der Waals surface area contributed by atoms with Crippen molar-refractivity contribution < 1.29 is 4.74 Å². The van der Waals surface area contributed by atoms with Gasteiger partial charge >= 0.3 is 0 Å². The highest BCUT2D eigenvalue weighted by Gasteiger charge is 2.65. The Morgan fingerprint density at radius 1 is 1.28 bits per heavy atom. The summed E-state index contributed by atoms with van der Waals surface area (Å²) < 4.78 is 5.37. The summed E-state index contributed by atoms with van der Waals surface area (Å²) in [5, 5.41) is 3.41. The largest absolute Gasteiger partial charge is 0.476 e. The minimum Gasteiger partial charge on any atom is -0.476 e.